The van der Waals surface area contributed by atoms with Crippen LogP contribution in [0.5, 0.6) is 0 Å². The summed E-state index contributed by atoms with van der Waals surface area (Å²) in [4.78, 5) is 2.50. The molecular formula is C55H41NO. The van der Waals surface area contributed by atoms with E-state index in [0.717, 1.165) is 56.2 Å². The summed E-state index contributed by atoms with van der Waals surface area (Å²) in [5.41, 5.74) is 16.6. The lowest BCUT2D eigenvalue weighted by molar-refractivity contribution is 0.609. The first kappa shape index (κ1) is 33.4. The monoisotopic (exact) mass is 731 g/mol. The van der Waals surface area contributed by atoms with Crippen LogP contribution in [0.25, 0.3) is 66.1 Å². The van der Waals surface area contributed by atoms with Gasteiger partial charge in [0.25, 0.3) is 0 Å². The van der Waals surface area contributed by atoms with E-state index < -0.39 is 0 Å². The van der Waals surface area contributed by atoms with Crippen LogP contribution in [-0.2, 0) is 5.41 Å². The summed E-state index contributed by atoms with van der Waals surface area (Å²) in [6.45, 7) is 4.79. The van der Waals surface area contributed by atoms with Crippen LogP contribution in [0.2, 0.25) is 0 Å². The second-order valence-corrected chi connectivity index (χ2v) is 16.0. The number of fused-ring (bicyclic) bond motifs is 8. The predicted octanol–water partition coefficient (Wildman–Crippen LogP) is 15.2. The van der Waals surface area contributed by atoms with Gasteiger partial charge in [-0.25, -0.2) is 0 Å². The molecule has 2 aliphatic carbocycles. The van der Waals surface area contributed by atoms with E-state index in [4.69, 9.17) is 4.42 Å². The molecule has 0 amide bonds. The second-order valence-electron chi connectivity index (χ2n) is 16.0. The van der Waals surface area contributed by atoms with E-state index in [0.29, 0.717) is 5.92 Å². The van der Waals surface area contributed by atoms with Crippen molar-refractivity contribution in [2.75, 3.05) is 4.90 Å². The topological polar surface area (TPSA) is 16.4 Å². The minimum Gasteiger partial charge on any atom is -0.455 e. The molecule has 0 aliphatic heterocycles. The molecule has 0 N–H and O–H groups in total. The maximum Gasteiger partial charge on any atom is 0.143 e. The summed E-state index contributed by atoms with van der Waals surface area (Å²) in [6.07, 6.45) is 5.90. The zero-order valence-electron chi connectivity index (χ0n) is 32.1. The van der Waals surface area contributed by atoms with Crippen LogP contribution in [0, 0.1) is 0 Å². The van der Waals surface area contributed by atoms with Crippen LogP contribution in [0.4, 0.5) is 11.4 Å². The molecule has 1 atom stereocenters. The summed E-state index contributed by atoms with van der Waals surface area (Å²) < 4.78 is 6.94. The molecule has 2 nitrogen and oxygen atoms in total. The number of hydrogen-bond acceptors (Lipinski definition) is 2. The fourth-order valence-electron chi connectivity index (χ4n) is 9.66. The molecule has 0 spiro atoms. The molecule has 0 saturated heterocycles. The lowest BCUT2D eigenvalue weighted by Crippen LogP contribution is -2.23. The Morgan fingerprint density at radius 2 is 1.12 bits per heavy atom. The quantitative estimate of drug-likeness (QED) is 0.169. The third-order valence-electron chi connectivity index (χ3n) is 12.5. The molecule has 0 saturated carbocycles. The third kappa shape index (κ3) is 5.39. The normalized spacial score (nSPS) is 15.6. The summed E-state index contributed by atoms with van der Waals surface area (Å²) >= 11 is 0. The Balaban J connectivity index is 1.18. The van der Waals surface area contributed by atoms with Crippen LogP contribution in [0.15, 0.2) is 210 Å². The van der Waals surface area contributed by atoms with Gasteiger partial charge in [0.05, 0.1) is 5.69 Å². The van der Waals surface area contributed by atoms with Crippen LogP contribution in [-0.4, -0.2) is 0 Å². The number of allylic oxidation sites excluding steroid dienone is 3. The van der Waals surface area contributed by atoms with Crippen molar-refractivity contribution in [1.82, 2.24) is 0 Å². The van der Waals surface area contributed by atoms with Gasteiger partial charge in [-0.15, -0.1) is 0 Å². The zero-order chi connectivity index (χ0) is 38.1. The first-order valence-corrected chi connectivity index (χ1v) is 20.0. The number of hydrogen-bond donors (Lipinski definition) is 0. The van der Waals surface area contributed by atoms with Crippen molar-refractivity contribution in [3.8, 4) is 33.4 Å². The molecule has 0 fully saturated rings. The van der Waals surface area contributed by atoms with Crippen molar-refractivity contribution in [3.63, 3.8) is 0 Å². The SMILES string of the molecule is CC1(C)C2=CC(N(c3ccc(-c4ccccc4)cc3)c3cc4c(cc3-c3ccccc3)oc3c5ccccc5c(-c5ccccc5)cc43)=CCC2c2ccccc21. The van der Waals surface area contributed by atoms with Gasteiger partial charge in [-0.3, -0.25) is 0 Å². The molecule has 9 aromatic rings. The smallest absolute Gasteiger partial charge is 0.143 e. The third-order valence-corrected chi connectivity index (χ3v) is 12.5. The molecule has 1 aromatic heterocycles. The number of nitrogens with zero attached hydrogens (tertiary/aromatic N) is 1. The van der Waals surface area contributed by atoms with Gasteiger partial charge in [-0.1, -0.05) is 177 Å². The van der Waals surface area contributed by atoms with Gasteiger partial charge >= 0.3 is 0 Å². The molecule has 272 valence electrons. The summed E-state index contributed by atoms with van der Waals surface area (Å²) in [5.74, 6) is 0.376. The Bertz CT molecular complexity index is 3040. The number of rotatable bonds is 6. The Hall–Kier alpha value is -6.90. The largest absolute Gasteiger partial charge is 0.455 e. The number of anilines is 2. The van der Waals surface area contributed by atoms with Crippen LogP contribution >= 0.6 is 0 Å². The summed E-state index contributed by atoms with van der Waals surface area (Å²) in [5, 5.41) is 4.53. The summed E-state index contributed by atoms with van der Waals surface area (Å²) in [7, 11) is 0. The molecule has 2 heteroatoms. The van der Waals surface area contributed by atoms with E-state index in [-0.39, 0.29) is 5.41 Å². The number of furan rings is 1. The molecule has 0 bridgehead atoms. The van der Waals surface area contributed by atoms with E-state index in [9.17, 15) is 0 Å². The maximum absolute atomic E-state index is 6.94. The first-order chi connectivity index (χ1) is 28.0. The highest BCUT2D eigenvalue weighted by molar-refractivity contribution is 6.20. The van der Waals surface area contributed by atoms with Crippen LogP contribution < -0.4 is 4.90 Å². The van der Waals surface area contributed by atoms with Crippen molar-refractivity contribution >= 4 is 44.1 Å². The van der Waals surface area contributed by atoms with Crippen LogP contribution in [0.1, 0.15) is 37.3 Å². The molecule has 2 aliphatic rings. The fourth-order valence-corrected chi connectivity index (χ4v) is 9.66. The molecular weight excluding hydrogens is 691 g/mol. The van der Waals surface area contributed by atoms with Gasteiger partial charge in [0.2, 0.25) is 0 Å². The van der Waals surface area contributed by atoms with Gasteiger partial charge in [-0.2, -0.15) is 0 Å². The molecule has 8 aromatic carbocycles. The Kier molecular flexibility index (Phi) is 7.69. The highest BCUT2D eigenvalue weighted by atomic mass is 16.3. The average molecular weight is 732 g/mol. The maximum atomic E-state index is 6.94. The van der Waals surface area contributed by atoms with Gasteiger partial charge < -0.3 is 9.32 Å². The standard InChI is InChI=1S/C55H41NO/c1-55(2)50-25-15-14-23-43(50)44-31-30-41(32-51(44)55)56(40-28-26-37(27-29-40)36-16-6-3-7-17-36)52-34-48-49-33-46(38-18-8-4-9-19-38)42-22-12-13-24-45(42)54(49)57-53(48)35-47(52)39-20-10-5-11-21-39/h3-30,32-35,44H,31H2,1-2H3. The molecule has 1 unspecified atom stereocenters. The highest BCUT2D eigenvalue weighted by Crippen LogP contribution is 2.55. The molecule has 11 rings (SSSR count). The van der Waals surface area contributed by atoms with Crippen LogP contribution in [0.3, 0.4) is 0 Å². The van der Waals surface area contributed by atoms with E-state index in [2.05, 4.69) is 213 Å². The minimum absolute atomic E-state index is 0.0779. The first-order valence-electron chi connectivity index (χ1n) is 20.0. The van der Waals surface area contributed by atoms with Gasteiger partial charge in [0.1, 0.15) is 11.2 Å². The second kappa shape index (κ2) is 13.1. The van der Waals surface area contributed by atoms with Crippen molar-refractivity contribution in [1.29, 1.82) is 0 Å². The molecule has 1 heterocycles. The Labute approximate surface area is 333 Å². The Morgan fingerprint density at radius 1 is 0.526 bits per heavy atom. The van der Waals surface area contributed by atoms with E-state index in [1.807, 2.05) is 0 Å². The van der Waals surface area contributed by atoms with Gasteiger partial charge in [0, 0.05) is 44.4 Å². The lowest BCUT2D eigenvalue weighted by Gasteiger charge is -2.34. The van der Waals surface area contributed by atoms with E-state index in [1.165, 1.54) is 50.0 Å². The van der Waals surface area contributed by atoms with E-state index >= 15 is 0 Å². The van der Waals surface area contributed by atoms with E-state index in [1.54, 1.807) is 0 Å². The van der Waals surface area contributed by atoms with Crippen molar-refractivity contribution in [2.24, 2.45) is 0 Å². The van der Waals surface area contributed by atoms with Crippen molar-refractivity contribution < 1.29 is 4.42 Å². The van der Waals surface area contributed by atoms with Gasteiger partial charge in [0.15, 0.2) is 0 Å². The predicted molar refractivity (Wildman–Crippen MR) is 239 cm³/mol. The Morgan fingerprint density at radius 3 is 1.84 bits per heavy atom. The highest BCUT2D eigenvalue weighted by Gasteiger charge is 2.42. The van der Waals surface area contributed by atoms with Gasteiger partial charge in [-0.05, 0) is 87.2 Å². The van der Waals surface area contributed by atoms with Crippen molar-refractivity contribution in [3.05, 3.63) is 217 Å². The zero-order valence-corrected chi connectivity index (χ0v) is 32.1. The van der Waals surface area contributed by atoms with Crippen molar-refractivity contribution in [2.45, 2.75) is 31.6 Å². The molecule has 0 radical (unpaired) electrons. The molecule has 57 heavy (non-hydrogen) atoms. The minimum atomic E-state index is -0.0779. The fraction of sp³-hybridized carbons (Fsp3) is 0.0909. The lowest BCUT2D eigenvalue weighted by atomic mass is 9.78. The average Bonchev–Trinajstić information content (AvgIpc) is 3.75. The summed E-state index contributed by atoms with van der Waals surface area (Å²) in [6, 6.07) is 66.0. The number of benzene rings is 8.